The van der Waals surface area contributed by atoms with Crippen LogP contribution in [0.3, 0.4) is 0 Å². The minimum Gasteiger partial charge on any atom is -0.330 e. The number of nitrogens with one attached hydrogen (secondary N) is 1. The van der Waals surface area contributed by atoms with Crippen molar-refractivity contribution < 1.29 is 9.59 Å². The molecule has 26 heavy (non-hydrogen) atoms. The third kappa shape index (κ3) is 7.06. The van der Waals surface area contributed by atoms with E-state index in [4.69, 9.17) is 0 Å². The molecule has 0 unspecified atom stereocenters. The largest absolute Gasteiger partial charge is 0.330 e. The maximum Gasteiger partial charge on any atom is 0.245 e. The van der Waals surface area contributed by atoms with Crippen LogP contribution in [0.2, 0.25) is 0 Å². The molecule has 0 saturated heterocycles. The lowest BCUT2D eigenvalue weighted by molar-refractivity contribution is -0.137. The Morgan fingerprint density at radius 2 is 1.92 bits per heavy atom. The average Bonchev–Trinajstić information content (AvgIpc) is 3.04. The third-order valence-corrected chi connectivity index (χ3v) is 5.88. The number of thiazole rings is 1. The van der Waals surface area contributed by atoms with Crippen LogP contribution in [0.1, 0.15) is 83.2 Å². The number of anilines is 1. The van der Waals surface area contributed by atoms with Crippen molar-refractivity contribution in [1.82, 2.24) is 9.88 Å². The molecular weight excluding hydrogens is 346 g/mol. The topological polar surface area (TPSA) is 62.3 Å². The van der Waals surface area contributed by atoms with E-state index in [-0.39, 0.29) is 24.4 Å². The van der Waals surface area contributed by atoms with Crippen LogP contribution < -0.4 is 5.32 Å². The molecule has 0 atom stereocenters. The quantitative estimate of drug-likeness (QED) is 0.587. The van der Waals surface area contributed by atoms with E-state index < -0.39 is 0 Å². The molecule has 2 rings (SSSR count). The summed E-state index contributed by atoms with van der Waals surface area (Å²) in [5, 5.41) is 5.37. The number of nitrogens with zero attached hydrogens (tertiary/aromatic N) is 2. The summed E-state index contributed by atoms with van der Waals surface area (Å²) in [5.74, 6) is 0.00289. The number of rotatable bonds is 10. The Kier molecular flexibility index (Phi) is 9.09. The van der Waals surface area contributed by atoms with Crippen molar-refractivity contribution in [2.24, 2.45) is 0 Å². The highest BCUT2D eigenvalue weighted by atomic mass is 32.1. The van der Waals surface area contributed by atoms with Crippen LogP contribution in [0.25, 0.3) is 0 Å². The molecule has 1 fully saturated rings. The van der Waals surface area contributed by atoms with E-state index in [9.17, 15) is 9.59 Å². The smallest absolute Gasteiger partial charge is 0.245 e. The van der Waals surface area contributed by atoms with Gasteiger partial charge in [-0.3, -0.25) is 9.59 Å². The average molecular weight is 380 g/mol. The summed E-state index contributed by atoms with van der Waals surface area (Å²) < 4.78 is 0. The zero-order chi connectivity index (χ0) is 18.8. The lowest BCUT2D eigenvalue weighted by Crippen LogP contribution is -2.45. The van der Waals surface area contributed by atoms with Crippen molar-refractivity contribution in [2.75, 3.05) is 11.9 Å². The molecule has 1 heterocycles. The van der Waals surface area contributed by atoms with Gasteiger partial charge in [-0.2, -0.15) is 0 Å². The van der Waals surface area contributed by atoms with E-state index in [1.54, 1.807) is 0 Å². The highest BCUT2D eigenvalue weighted by molar-refractivity contribution is 7.13. The van der Waals surface area contributed by atoms with Crippen molar-refractivity contribution in [3.8, 4) is 0 Å². The summed E-state index contributed by atoms with van der Waals surface area (Å²) in [6.07, 6.45) is 11.8. The molecule has 5 nitrogen and oxygen atoms in total. The van der Waals surface area contributed by atoms with Crippen molar-refractivity contribution in [1.29, 1.82) is 0 Å². The van der Waals surface area contributed by atoms with E-state index in [2.05, 4.69) is 17.2 Å². The third-order valence-electron chi connectivity index (χ3n) is 5.01. The molecule has 1 aromatic heterocycles. The summed E-state index contributed by atoms with van der Waals surface area (Å²) in [7, 11) is 0. The molecule has 0 aromatic carbocycles. The van der Waals surface area contributed by atoms with Gasteiger partial charge in [0.1, 0.15) is 6.54 Å². The number of carbonyl (C=O) groups is 2. The van der Waals surface area contributed by atoms with Gasteiger partial charge in [0.15, 0.2) is 5.13 Å². The fourth-order valence-electron chi connectivity index (χ4n) is 3.56. The number of hydrogen-bond donors (Lipinski definition) is 1. The van der Waals surface area contributed by atoms with Gasteiger partial charge in [0.05, 0.1) is 5.69 Å². The monoisotopic (exact) mass is 379 g/mol. The molecule has 2 amide bonds. The molecule has 1 saturated carbocycles. The van der Waals surface area contributed by atoms with Gasteiger partial charge in [-0.25, -0.2) is 4.98 Å². The minimum atomic E-state index is -0.135. The van der Waals surface area contributed by atoms with Crippen molar-refractivity contribution in [3.05, 3.63) is 11.1 Å². The van der Waals surface area contributed by atoms with Crippen LogP contribution in [-0.4, -0.2) is 34.3 Å². The Morgan fingerprint density at radius 3 is 2.58 bits per heavy atom. The first-order valence-electron chi connectivity index (χ1n) is 10.1. The second kappa shape index (κ2) is 11.3. The molecule has 0 aliphatic heterocycles. The molecule has 6 heteroatoms. The first kappa shape index (κ1) is 20.9. The number of amides is 2. The molecule has 1 aliphatic carbocycles. The zero-order valence-corrected chi connectivity index (χ0v) is 17.1. The van der Waals surface area contributed by atoms with Crippen LogP contribution in [0, 0.1) is 6.92 Å². The number of aromatic nitrogens is 1. The second-order valence-corrected chi connectivity index (χ2v) is 8.18. The number of hydrogen-bond acceptors (Lipinski definition) is 4. The second-order valence-electron chi connectivity index (χ2n) is 7.32. The molecule has 1 N–H and O–H groups in total. The minimum absolute atomic E-state index is 0.135. The van der Waals surface area contributed by atoms with Crippen LogP contribution in [-0.2, 0) is 9.59 Å². The Balaban J connectivity index is 1.89. The van der Waals surface area contributed by atoms with E-state index >= 15 is 0 Å². The van der Waals surface area contributed by atoms with Gasteiger partial charge in [-0.05, 0) is 26.2 Å². The van der Waals surface area contributed by atoms with Crippen molar-refractivity contribution >= 4 is 28.3 Å². The fourth-order valence-corrected chi connectivity index (χ4v) is 4.27. The van der Waals surface area contributed by atoms with Gasteiger partial charge in [-0.15, -0.1) is 11.3 Å². The Bertz CT molecular complexity index is 567. The zero-order valence-electron chi connectivity index (χ0n) is 16.3. The Hall–Kier alpha value is -1.43. The summed E-state index contributed by atoms with van der Waals surface area (Å²) in [5.41, 5.74) is 0.901. The maximum atomic E-state index is 12.8. The molecule has 0 bridgehead atoms. The predicted molar refractivity (Wildman–Crippen MR) is 107 cm³/mol. The van der Waals surface area contributed by atoms with Crippen LogP contribution in [0.4, 0.5) is 5.13 Å². The van der Waals surface area contributed by atoms with Crippen LogP contribution in [0.15, 0.2) is 5.38 Å². The summed E-state index contributed by atoms with van der Waals surface area (Å²) in [6, 6.07) is 0.218. The molecule has 1 aliphatic rings. The standard InChI is InChI=1S/C20H33N3O2S/c1-3-4-5-6-10-13-19(25)23(17-11-8-7-9-12-17)14-18(24)22-20-21-16(2)15-26-20/h15,17H,3-14H2,1-2H3,(H,21,22,24). The van der Waals surface area contributed by atoms with Gasteiger partial charge in [0, 0.05) is 17.8 Å². The molecule has 0 radical (unpaired) electrons. The maximum absolute atomic E-state index is 12.8. The Labute approximate surface area is 161 Å². The normalized spacial score (nSPS) is 15.0. The summed E-state index contributed by atoms with van der Waals surface area (Å²) in [4.78, 5) is 31.4. The molecule has 146 valence electrons. The SMILES string of the molecule is CCCCCCCC(=O)N(CC(=O)Nc1nc(C)cs1)C1CCCCC1. The first-order valence-corrected chi connectivity index (χ1v) is 11.0. The van der Waals surface area contributed by atoms with Crippen molar-refractivity contribution in [2.45, 2.75) is 90.5 Å². The van der Waals surface area contributed by atoms with Gasteiger partial charge >= 0.3 is 0 Å². The molecule has 0 spiro atoms. The van der Waals surface area contributed by atoms with Crippen LogP contribution in [0.5, 0.6) is 0 Å². The predicted octanol–water partition coefficient (Wildman–Crippen LogP) is 4.91. The van der Waals surface area contributed by atoms with E-state index in [0.29, 0.717) is 11.6 Å². The van der Waals surface area contributed by atoms with E-state index in [1.165, 1.54) is 37.0 Å². The number of unbranched alkanes of at least 4 members (excludes halogenated alkanes) is 4. The van der Waals surface area contributed by atoms with Gasteiger partial charge < -0.3 is 10.2 Å². The van der Waals surface area contributed by atoms with Crippen molar-refractivity contribution in [3.63, 3.8) is 0 Å². The molecule has 1 aromatic rings. The highest BCUT2D eigenvalue weighted by Gasteiger charge is 2.27. The van der Waals surface area contributed by atoms with E-state index in [0.717, 1.165) is 44.2 Å². The summed E-state index contributed by atoms with van der Waals surface area (Å²) in [6.45, 7) is 4.25. The number of aryl methyl sites for hydroxylation is 1. The van der Waals surface area contributed by atoms with Crippen LogP contribution >= 0.6 is 11.3 Å². The highest BCUT2D eigenvalue weighted by Crippen LogP contribution is 2.24. The van der Waals surface area contributed by atoms with E-state index in [1.807, 2.05) is 17.2 Å². The van der Waals surface area contributed by atoms with Gasteiger partial charge in [0.2, 0.25) is 11.8 Å². The lowest BCUT2D eigenvalue weighted by atomic mass is 9.93. The molecular formula is C20H33N3O2S. The number of carbonyl (C=O) groups excluding carboxylic acids is 2. The first-order chi connectivity index (χ1) is 12.6. The Morgan fingerprint density at radius 1 is 1.19 bits per heavy atom. The summed E-state index contributed by atoms with van der Waals surface area (Å²) >= 11 is 1.42. The van der Waals surface area contributed by atoms with Gasteiger partial charge in [-0.1, -0.05) is 51.9 Å². The fraction of sp³-hybridized carbons (Fsp3) is 0.750. The lowest BCUT2D eigenvalue weighted by Gasteiger charge is -2.34. The van der Waals surface area contributed by atoms with Gasteiger partial charge in [0.25, 0.3) is 0 Å².